The molecule has 0 amide bonds. The zero-order valence-corrected chi connectivity index (χ0v) is 45.6. The van der Waals surface area contributed by atoms with Gasteiger partial charge in [-0.1, -0.05) is 235 Å². The zero-order chi connectivity index (χ0) is 50.0. The number of allylic oxidation sites excluding steroid dienone is 12. The van der Waals surface area contributed by atoms with Crippen molar-refractivity contribution in [2.45, 2.75) is 297 Å². The summed E-state index contributed by atoms with van der Waals surface area (Å²) in [5, 5.41) is 0. The lowest BCUT2D eigenvalue weighted by atomic mass is 10.1. The number of esters is 3. The Hall–Kier alpha value is -3.15. The molecule has 0 bridgehead atoms. The molecular formula is C63H110O6. The molecule has 0 aromatic heterocycles. The third kappa shape index (κ3) is 55.6. The Labute approximate surface area is 427 Å². The fourth-order valence-electron chi connectivity index (χ4n) is 8.19. The Bertz CT molecular complexity index is 1290. The molecule has 0 aromatic rings. The van der Waals surface area contributed by atoms with Crippen molar-refractivity contribution in [3.8, 4) is 0 Å². The molecule has 0 saturated heterocycles. The van der Waals surface area contributed by atoms with Gasteiger partial charge < -0.3 is 14.2 Å². The van der Waals surface area contributed by atoms with E-state index in [9.17, 15) is 14.4 Å². The van der Waals surface area contributed by atoms with Crippen LogP contribution in [0.15, 0.2) is 72.9 Å². The second-order valence-corrected chi connectivity index (χ2v) is 19.5. The van der Waals surface area contributed by atoms with E-state index in [4.69, 9.17) is 14.2 Å². The van der Waals surface area contributed by atoms with Gasteiger partial charge in [-0.3, -0.25) is 14.4 Å². The lowest BCUT2D eigenvalue weighted by molar-refractivity contribution is -0.167. The van der Waals surface area contributed by atoms with Crippen molar-refractivity contribution in [1.29, 1.82) is 0 Å². The normalized spacial score (nSPS) is 12.6. The third-order valence-corrected chi connectivity index (χ3v) is 12.6. The summed E-state index contributed by atoms with van der Waals surface area (Å²) >= 11 is 0. The van der Waals surface area contributed by atoms with E-state index < -0.39 is 6.10 Å². The van der Waals surface area contributed by atoms with Crippen LogP contribution in [0.3, 0.4) is 0 Å². The van der Waals surface area contributed by atoms with Crippen LogP contribution in [0.2, 0.25) is 0 Å². The number of hydrogen-bond donors (Lipinski definition) is 0. The summed E-state index contributed by atoms with van der Waals surface area (Å²) in [5.74, 6) is -0.897. The number of hydrogen-bond acceptors (Lipinski definition) is 6. The van der Waals surface area contributed by atoms with Gasteiger partial charge in [-0.15, -0.1) is 0 Å². The van der Waals surface area contributed by atoms with Crippen molar-refractivity contribution < 1.29 is 28.6 Å². The molecule has 1 atom stereocenters. The third-order valence-electron chi connectivity index (χ3n) is 12.6. The van der Waals surface area contributed by atoms with Crippen LogP contribution in [0.25, 0.3) is 0 Å². The SMILES string of the molecule is CCC/C=C\C/C=C\CCCCCCCC(=O)OCC(COC(=O)CCCCCCCCCCC/C=C\C/C=C\CCCCC)OC(=O)CCCCCCCCCCC/C=C\C/C=C\CCCCC. The molecule has 0 radical (unpaired) electrons. The first kappa shape index (κ1) is 65.8. The summed E-state index contributed by atoms with van der Waals surface area (Å²) < 4.78 is 16.9. The highest BCUT2D eigenvalue weighted by molar-refractivity contribution is 5.71. The molecule has 0 aliphatic carbocycles. The lowest BCUT2D eigenvalue weighted by Crippen LogP contribution is -2.30. The molecule has 0 heterocycles. The summed E-state index contributed by atoms with van der Waals surface area (Å²) in [6.07, 6.45) is 73.1. The molecule has 0 spiro atoms. The monoisotopic (exact) mass is 963 g/mol. The fraction of sp³-hybridized carbons (Fsp3) is 0.762. The first-order valence-corrected chi connectivity index (χ1v) is 29.4. The van der Waals surface area contributed by atoms with Crippen LogP contribution >= 0.6 is 0 Å². The minimum absolute atomic E-state index is 0.0832. The number of unbranched alkanes of at least 4 members (excludes halogenated alkanes) is 30. The van der Waals surface area contributed by atoms with Crippen LogP contribution in [0.5, 0.6) is 0 Å². The van der Waals surface area contributed by atoms with Crippen LogP contribution < -0.4 is 0 Å². The van der Waals surface area contributed by atoms with E-state index in [1.165, 1.54) is 154 Å². The molecule has 0 aliphatic rings. The minimum Gasteiger partial charge on any atom is -0.462 e. The Balaban J connectivity index is 4.37. The van der Waals surface area contributed by atoms with Crippen molar-refractivity contribution >= 4 is 17.9 Å². The molecule has 0 N–H and O–H groups in total. The van der Waals surface area contributed by atoms with Gasteiger partial charge in [-0.25, -0.2) is 0 Å². The highest BCUT2D eigenvalue weighted by atomic mass is 16.6. The largest absolute Gasteiger partial charge is 0.462 e. The summed E-state index contributed by atoms with van der Waals surface area (Å²) in [5.41, 5.74) is 0. The average Bonchev–Trinajstić information content (AvgIpc) is 3.35. The van der Waals surface area contributed by atoms with Crippen LogP contribution in [0, 0.1) is 0 Å². The van der Waals surface area contributed by atoms with Gasteiger partial charge in [0.15, 0.2) is 6.10 Å². The zero-order valence-electron chi connectivity index (χ0n) is 45.6. The van der Waals surface area contributed by atoms with E-state index in [0.29, 0.717) is 19.3 Å². The first-order chi connectivity index (χ1) is 34.0. The van der Waals surface area contributed by atoms with Gasteiger partial charge in [-0.05, 0) is 109 Å². The van der Waals surface area contributed by atoms with Gasteiger partial charge >= 0.3 is 17.9 Å². The Morgan fingerprint density at radius 1 is 0.290 bits per heavy atom. The minimum atomic E-state index is -0.786. The van der Waals surface area contributed by atoms with Crippen molar-refractivity contribution in [1.82, 2.24) is 0 Å². The number of rotatable bonds is 53. The molecule has 0 rings (SSSR count). The predicted molar refractivity (Wildman–Crippen MR) is 298 cm³/mol. The van der Waals surface area contributed by atoms with Crippen LogP contribution in [-0.4, -0.2) is 37.2 Å². The molecule has 398 valence electrons. The molecule has 1 unspecified atom stereocenters. The van der Waals surface area contributed by atoms with Crippen LogP contribution in [-0.2, 0) is 28.6 Å². The Kier molecular flexibility index (Phi) is 54.8. The van der Waals surface area contributed by atoms with Gasteiger partial charge in [0.1, 0.15) is 13.2 Å². The molecule has 6 heteroatoms. The van der Waals surface area contributed by atoms with Crippen LogP contribution in [0.1, 0.15) is 290 Å². The lowest BCUT2D eigenvalue weighted by Gasteiger charge is -2.18. The van der Waals surface area contributed by atoms with Gasteiger partial charge in [0, 0.05) is 19.3 Å². The average molecular weight is 964 g/mol. The fourth-order valence-corrected chi connectivity index (χ4v) is 8.19. The smallest absolute Gasteiger partial charge is 0.306 e. The topological polar surface area (TPSA) is 78.9 Å². The maximum Gasteiger partial charge on any atom is 0.306 e. The van der Waals surface area contributed by atoms with E-state index >= 15 is 0 Å². The molecule has 0 saturated carbocycles. The van der Waals surface area contributed by atoms with Gasteiger partial charge in [0.25, 0.3) is 0 Å². The first-order valence-electron chi connectivity index (χ1n) is 29.4. The van der Waals surface area contributed by atoms with Crippen molar-refractivity contribution in [2.75, 3.05) is 13.2 Å². The molecular weight excluding hydrogens is 853 g/mol. The van der Waals surface area contributed by atoms with E-state index in [0.717, 1.165) is 96.3 Å². The van der Waals surface area contributed by atoms with Crippen LogP contribution in [0.4, 0.5) is 0 Å². The molecule has 69 heavy (non-hydrogen) atoms. The number of ether oxygens (including phenoxy) is 3. The predicted octanol–water partition coefficient (Wildman–Crippen LogP) is 19.8. The van der Waals surface area contributed by atoms with Gasteiger partial charge in [0.2, 0.25) is 0 Å². The van der Waals surface area contributed by atoms with E-state index in [-0.39, 0.29) is 31.1 Å². The summed E-state index contributed by atoms with van der Waals surface area (Å²) in [6, 6.07) is 0. The molecule has 0 fully saturated rings. The second kappa shape index (κ2) is 57.4. The maximum absolute atomic E-state index is 12.9. The standard InChI is InChI=1S/C63H110O6/c1-4-7-10-13-16-19-22-25-27-29-31-33-35-38-41-44-47-50-53-56-62(65)68-59-60(58-67-61(64)55-52-49-46-43-40-37-24-21-18-15-12-9-6-3)69-63(66)57-54-51-48-45-42-39-36-34-32-30-28-26-23-20-17-14-11-8-5-2/h12,15-17,19-21,24-28,60H,4-11,13-14,18,22-23,29-59H2,1-3H3/b15-12-,19-16-,20-17-,24-21-,27-25-,28-26-. The molecule has 6 nitrogen and oxygen atoms in total. The quantitative estimate of drug-likeness (QED) is 0.0262. The number of carbonyl (C=O) groups is 3. The van der Waals surface area contributed by atoms with E-state index in [1.807, 2.05) is 0 Å². The molecule has 0 aromatic carbocycles. The summed E-state index contributed by atoms with van der Waals surface area (Å²) in [4.78, 5) is 38.2. The maximum atomic E-state index is 12.9. The summed E-state index contributed by atoms with van der Waals surface area (Å²) in [7, 11) is 0. The van der Waals surface area contributed by atoms with Crippen molar-refractivity contribution in [3.05, 3.63) is 72.9 Å². The Morgan fingerprint density at radius 3 is 0.855 bits per heavy atom. The highest BCUT2D eigenvalue weighted by Gasteiger charge is 2.19. The van der Waals surface area contributed by atoms with Gasteiger partial charge in [-0.2, -0.15) is 0 Å². The Morgan fingerprint density at radius 2 is 0.551 bits per heavy atom. The van der Waals surface area contributed by atoms with E-state index in [1.54, 1.807) is 0 Å². The molecule has 0 aliphatic heterocycles. The van der Waals surface area contributed by atoms with E-state index in [2.05, 4.69) is 93.7 Å². The highest BCUT2D eigenvalue weighted by Crippen LogP contribution is 2.15. The van der Waals surface area contributed by atoms with Crippen molar-refractivity contribution in [2.24, 2.45) is 0 Å². The number of carbonyl (C=O) groups excluding carboxylic acids is 3. The second-order valence-electron chi connectivity index (χ2n) is 19.5. The summed E-state index contributed by atoms with van der Waals surface area (Å²) in [6.45, 7) is 6.53. The van der Waals surface area contributed by atoms with Crippen molar-refractivity contribution in [3.63, 3.8) is 0 Å². The van der Waals surface area contributed by atoms with Gasteiger partial charge in [0.05, 0.1) is 0 Å².